The molecule has 0 aliphatic carbocycles. The van der Waals surface area contributed by atoms with E-state index in [-0.39, 0.29) is 12.5 Å². The molecule has 0 unspecified atom stereocenters. The number of para-hydroxylation sites is 1. The molecule has 0 saturated heterocycles. The molecule has 1 N–H and O–H groups in total. The van der Waals surface area contributed by atoms with Gasteiger partial charge in [-0.05, 0) is 29.8 Å². The second-order valence-electron chi connectivity index (χ2n) is 4.51. The summed E-state index contributed by atoms with van der Waals surface area (Å²) in [6.45, 7) is 1.65. The van der Waals surface area contributed by atoms with E-state index in [2.05, 4.69) is 10.3 Å². The third kappa shape index (κ3) is 4.05. The smallest absolute Gasteiger partial charge is 0.341 e. The zero-order valence-electron chi connectivity index (χ0n) is 12.3. The van der Waals surface area contributed by atoms with E-state index in [1.165, 1.54) is 14.0 Å². The molecule has 6 nitrogen and oxygen atoms in total. The third-order valence-corrected chi connectivity index (χ3v) is 2.82. The number of anilines is 1. The number of nitrogens with one attached hydrogen (secondary N) is 1. The van der Waals surface area contributed by atoms with Gasteiger partial charge in [-0.3, -0.25) is 4.79 Å². The quantitative estimate of drug-likeness (QED) is 0.858. The Hall–Kier alpha value is -2.89. The van der Waals surface area contributed by atoms with Gasteiger partial charge in [0.25, 0.3) is 0 Å². The number of amides is 1. The summed E-state index contributed by atoms with van der Waals surface area (Å²) in [6, 6.07) is 10.3. The molecule has 0 spiro atoms. The number of rotatable bonds is 5. The van der Waals surface area contributed by atoms with Crippen molar-refractivity contribution >= 4 is 17.7 Å². The van der Waals surface area contributed by atoms with Gasteiger partial charge in [0.15, 0.2) is 0 Å². The van der Waals surface area contributed by atoms with E-state index in [9.17, 15) is 9.59 Å². The number of ether oxygens (including phenoxy) is 2. The van der Waals surface area contributed by atoms with Gasteiger partial charge < -0.3 is 14.8 Å². The molecule has 1 aromatic heterocycles. The first-order chi connectivity index (χ1) is 10.6. The van der Waals surface area contributed by atoms with Gasteiger partial charge in [-0.15, -0.1) is 0 Å². The number of carbonyl (C=O) groups is 2. The van der Waals surface area contributed by atoms with E-state index >= 15 is 0 Å². The Morgan fingerprint density at radius 3 is 2.73 bits per heavy atom. The first-order valence-corrected chi connectivity index (χ1v) is 6.63. The lowest BCUT2D eigenvalue weighted by Crippen LogP contribution is -2.08. The second-order valence-corrected chi connectivity index (χ2v) is 4.51. The Labute approximate surface area is 128 Å². The van der Waals surface area contributed by atoms with Crippen molar-refractivity contribution in [3.8, 4) is 5.75 Å². The van der Waals surface area contributed by atoms with Crippen molar-refractivity contribution < 1.29 is 19.1 Å². The standard InChI is InChI=1S/C16H16N2O4/c1-11(19)18-15-9-12(7-8-17-15)10-22-14-6-4-3-5-13(14)16(20)21-2/h3-9H,10H2,1-2H3,(H,17,18,19). The molecule has 0 aliphatic heterocycles. The number of pyridine rings is 1. The van der Waals surface area contributed by atoms with Crippen LogP contribution in [0.1, 0.15) is 22.8 Å². The van der Waals surface area contributed by atoms with Gasteiger partial charge in [-0.1, -0.05) is 12.1 Å². The molecule has 2 rings (SSSR count). The highest BCUT2D eigenvalue weighted by molar-refractivity contribution is 5.92. The minimum atomic E-state index is -0.454. The minimum Gasteiger partial charge on any atom is -0.488 e. The van der Waals surface area contributed by atoms with Gasteiger partial charge in [-0.2, -0.15) is 0 Å². The lowest BCUT2D eigenvalue weighted by atomic mass is 10.2. The molecule has 0 aliphatic rings. The van der Waals surface area contributed by atoms with E-state index in [1.54, 1.807) is 42.6 Å². The highest BCUT2D eigenvalue weighted by Gasteiger charge is 2.12. The van der Waals surface area contributed by atoms with E-state index in [1.807, 2.05) is 0 Å². The summed E-state index contributed by atoms with van der Waals surface area (Å²) in [4.78, 5) is 26.7. The average Bonchev–Trinajstić information content (AvgIpc) is 2.52. The summed E-state index contributed by atoms with van der Waals surface area (Å²) in [5.74, 6) is 0.243. The Balaban J connectivity index is 2.10. The molecule has 0 radical (unpaired) electrons. The van der Waals surface area contributed by atoms with E-state index in [0.717, 1.165) is 5.56 Å². The van der Waals surface area contributed by atoms with Crippen molar-refractivity contribution in [3.63, 3.8) is 0 Å². The predicted octanol–water partition coefficient (Wildman–Crippen LogP) is 2.41. The van der Waals surface area contributed by atoms with Crippen molar-refractivity contribution in [1.29, 1.82) is 0 Å². The highest BCUT2D eigenvalue weighted by atomic mass is 16.5. The fourth-order valence-corrected chi connectivity index (χ4v) is 1.84. The number of hydrogen-bond acceptors (Lipinski definition) is 5. The topological polar surface area (TPSA) is 77.5 Å². The lowest BCUT2D eigenvalue weighted by molar-refractivity contribution is -0.114. The Bertz CT molecular complexity index is 685. The summed E-state index contributed by atoms with van der Waals surface area (Å²) < 4.78 is 10.4. The maximum atomic E-state index is 11.7. The van der Waals surface area contributed by atoms with Gasteiger partial charge in [0, 0.05) is 13.1 Å². The molecule has 0 fully saturated rings. The number of benzene rings is 1. The Kier molecular flexibility index (Phi) is 5.08. The van der Waals surface area contributed by atoms with Crippen LogP contribution in [0.5, 0.6) is 5.75 Å². The molecular formula is C16H16N2O4. The SMILES string of the molecule is COC(=O)c1ccccc1OCc1ccnc(NC(C)=O)c1. The van der Waals surface area contributed by atoms with Gasteiger partial charge in [0.05, 0.1) is 7.11 Å². The molecular weight excluding hydrogens is 284 g/mol. The number of hydrogen-bond donors (Lipinski definition) is 1. The second kappa shape index (κ2) is 7.21. The van der Waals surface area contributed by atoms with Crippen molar-refractivity contribution in [2.75, 3.05) is 12.4 Å². The maximum Gasteiger partial charge on any atom is 0.341 e. The molecule has 0 saturated carbocycles. The molecule has 114 valence electrons. The molecule has 1 aromatic carbocycles. The molecule has 2 aromatic rings. The van der Waals surface area contributed by atoms with Crippen LogP contribution in [-0.2, 0) is 16.1 Å². The molecule has 0 atom stereocenters. The van der Waals surface area contributed by atoms with Crippen molar-refractivity contribution in [3.05, 3.63) is 53.7 Å². The summed E-state index contributed by atoms with van der Waals surface area (Å²) >= 11 is 0. The molecule has 6 heteroatoms. The molecule has 1 amide bonds. The van der Waals surface area contributed by atoms with Crippen LogP contribution in [0.3, 0.4) is 0 Å². The lowest BCUT2D eigenvalue weighted by Gasteiger charge is -2.10. The molecule has 0 bridgehead atoms. The van der Waals surface area contributed by atoms with E-state index < -0.39 is 5.97 Å². The number of nitrogens with zero attached hydrogens (tertiary/aromatic N) is 1. The number of methoxy groups -OCH3 is 1. The Morgan fingerprint density at radius 1 is 1.23 bits per heavy atom. The van der Waals surface area contributed by atoms with Crippen LogP contribution in [0.2, 0.25) is 0 Å². The van der Waals surface area contributed by atoms with Crippen LogP contribution in [-0.4, -0.2) is 24.0 Å². The van der Waals surface area contributed by atoms with E-state index in [4.69, 9.17) is 9.47 Å². The average molecular weight is 300 g/mol. The highest BCUT2D eigenvalue weighted by Crippen LogP contribution is 2.20. The van der Waals surface area contributed by atoms with Crippen LogP contribution in [0.15, 0.2) is 42.6 Å². The van der Waals surface area contributed by atoms with Crippen molar-refractivity contribution in [2.45, 2.75) is 13.5 Å². The van der Waals surface area contributed by atoms with Crippen LogP contribution in [0, 0.1) is 0 Å². The third-order valence-electron chi connectivity index (χ3n) is 2.82. The van der Waals surface area contributed by atoms with Crippen molar-refractivity contribution in [2.24, 2.45) is 0 Å². The Morgan fingerprint density at radius 2 is 2.00 bits per heavy atom. The largest absolute Gasteiger partial charge is 0.488 e. The summed E-state index contributed by atoms with van der Waals surface area (Å²) in [5.41, 5.74) is 1.18. The fraction of sp³-hybridized carbons (Fsp3) is 0.188. The van der Waals surface area contributed by atoms with Crippen LogP contribution >= 0.6 is 0 Å². The van der Waals surface area contributed by atoms with Crippen LogP contribution in [0.4, 0.5) is 5.82 Å². The summed E-state index contributed by atoms with van der Waals surface area (Å²) in [7, 11) is 1.32. The van der Waals surface area contributed by atoms with Crippen LogP contribution in [0.25, 0.3) is 0 Å². The first kappa shape index (κ1) is 15.5. The minimum absolute atomic E-state index is 0.193. The number of esters is 1. The number of aromatic nitrogens is 1. The van der Waals surface area contributed by atoms with Gasteiger partial charge in [-0.25, -0.2) is 9.78 Å². The number of carbonyl (C=O) groups excluding carboxylic acids is 2. The fourth-order valence-electron chi connectivity index (χ4n) is 1.84. The summed E-state index contributed by atoms with van der Waals surface area (Å²) in [6.07, 6.45) is 1.58. The first-order valence-electron chi connectivity index (χ1n) is 6.63. The summed E-state index contributed by atoms with van der Waals surface area (Å²) in [5, 5.41) is 2.60. The predicted molar refractivity (Wildman–Crippen MR) is 80.7 cm³/mol. The zero-order valence-corrected chi connectivity index (χ0v) is 12.3. The zero-order chi connectivity index (χ0) is 15.9. The van der Waals surface area contributed by atoms with Crippen LogP contribution < -0.4 is 10.1 Å². The van der Waals surface area contributed by atoms with Gasteiger partial charge in [0.1, 0.15) is 23.7 Å². The molecule has 1 heterocycles. The van der Waals surface area contributed by atoms with Gasteiger partial charge in [0.2, 0.25) is 5.91 Å². The monoisotopic (exact) mass is 300 g/mol. The molecule has 22 heavy (non-hydrogen) atoms. The van der Waals surface area contributed by atoms with E-state index in [0.29, 0.717) is 17.1 Å². The maximum absolute atomic E-state index is 11.7. The normalized spacial score (nSPS) is 9.91. The van der Waals surface area contributed by atoms with Crippen molar-refractivity contribution in [1.82, 2.24) is 4.98 Å². The van der Waals surface area contributed by atoms with Gasteiger partial charge >= 0.3 is 5.97 Å².